The zero-order valence-corrected chi connectivity index (χ0v) is 19.6. The van der Waals surface area contributed by atoms with Crippen molar-refractivity contribution in [2.75, 3.05) is 18.7 Å². The molecule has 0 saturated carbocycles. The SMILES string of the molecule is C=C1[C@H](c2ccc(F)c(C)c2OC)[C@@H](C(=O)Nc2ccnc([S@](C)(=N)=O)c2)O[C@]1(C)C(F)(F)F. The third-order valence-corrected chi connectivity index (χ3v) is 6.79. The highest BCUT2D eigenvalue weighted by molar-refractivity contribution is 7.91. The van der Waals surface area contributed by atoms with Gasteiger partial charge in [-0.2, -0.15) is 13.2 Å². The van der Waals surface area contributed by atoms with Gasteiger partial charge in [-0.05, 0) is 37.6 Å². The first-order chi connectivity index (χ1) is 15.6. The number of nitrogens with one attached hydrogen (secondary N) is 2. The molecular weight excluding hydrogens is 478 g/mol. The van der Waals surface area contributed by atoms with E-state index in [4.69, 9.17) is 14.3 Å². The topological polar surface area (TPSA) is 101 Å². The Morgan fingerprint density at radius 2 is 2.00 bits per heavy atom. The van der Waals surface area contributed by atoms with Crippen molar-refractivity contribution in [3.05, 3.63) is 59.6 Å². The van der Waals surface area contributed by atoms with E-state index in [0.29, 0.717) is 0 Å². The van der Waals surface area contributed by atoms with Gasteiger partial charge in [0.2, 0.25) is 0 Å². The fourth-order valence-corrected chi connectivity index (χ4v) is 4.41. The molecule has 1 aliphatic rings. The summed E-state index contributed by atoms with van der Waals surface area (Å²) in [5.41, 5.74) is -3.08. The number of hydrogen-bond donors (Lipinski definition) is 2. The van der Waals surface area contributed by atoms with Gasteiger partial charge in [0.25, 0.3) is 5.91 Å². The van der Waals surface area contributed by atoms with Crippen LogP contribution in [0.5, 0.6) is 5.75 Å². The Balaban J connectivity index is 2.09. The Kier molecular flexibility index (Phi) is 6.53. The number of methoxy groups -OCH3 is 1. The van der Waals surface area contributed by atoms with Gasteiger partial charge in [0.05, 0.1) is 16.8 Å². The fourth-order valence-electron chi connectivity index (χ4n) is 3.80. The predicted molar refractivity (Wildman–Crippen MR) is 117 cm³/mol. The maximum atomic E-state index is 14.1. The van der Waals surface area contributed by atoms with Gasteiger partial charge in [0, 0.05) is 35.2 Å². The van der Waals surface area contributed by atoms with Gasteiger partial charge in [0.15, 0.2) is 5.60 Å². The Hall–Kier alpha value is -2.99. The van der Waals surface area contributed by atoms with Crippen molar-refractivity contribution >= 4 is 21.3 Å². The van der Waals surface area contributed by atoms with Crippen molar-refractivity contribution in [3.63, 3.8) is 0 Å². The lowest BCUT2D eigenvalue weighted by Gasteiger charge is -2.28. The number of carbonyl (C=O) groups excluding carboxylic acids is 1. The van der Waals surface area contributed by atoms with Crippen LogP contribution in [-0.4, -0.2) is 46.3 Å². The quantitative estimate of drug-likeness (QED) is 0.462. The van der Waals surface area contributed by atoms with Crippen LogP contribution in [0.25, 0.3) is 0 Å². The van der Waals surface area contributed by atoms with Crippen molar-refractivity contribution in [2.45, 2.75) is 42.7 Å². The first-order valence-electron chi connectivity index (χ1n) is 9.89. The van der Waals surface area contributed by atoms with Crippen molar-refractivity contribution in [1.82, 2.24) is 4.98 Å². The summed E-state index contributed by atoms with van der Waals surface area (Å²) in [5.74, 6) is -2.93. The zero-order valence-electron chi connectivity index (χ0n) is 18.7. The monoisotopic (exact) mass is 501 g/mol. The minimum absolute atomic E-state index is 0.0231. The minimum Gasteiger partial charge on any atom is -0.496 e. The number of anilines is 1. The van der Waals surface area contributed by atoms with Crippen LogP contribution in [0.2, 0.25) is 0 Å². The fraction of sp³-hybridized carbons (Fsp3) is 0.364. The third-order valence-electron chi connectivity index (χ3n) is 5.76. The van der Waals surface area contributed by atoms with E-state index in [1.807, 2.05) is 0 Å². The first kappa shape index (κ1) is 25.6. The second kappa shape index (κ2) is 8.66. The molecule has 7 nitrogen and oxygen atoms in total. The molecule has 0 aliphatic carbocycles. The predicted octanol–water partition coefficient (Wildman–Crippen LogP) is 4.57. The third kappa shape index (κ3) is 4.39. The van der Waals surface area contributed by atoms with Gasteiger partial charge in [-0.25, -0.2) is 18.4 Å². The number of benzene rings is 1. The molecule has 2 N–H and O–H groups in total. The maximum Gasteiger partial charge on any atom is 0.421 e. The summed E-state index contributed by atoms with van der Waals surface area (Å²) in [7, 11) is -1.97. The van der Waals surface area contributed by atoms with Crippen LogP contribution in [0.1, 0.15) is 24.0 Å². The van der Waals surface area contributed by atoms with Crippen molar-refractivity contribution in [1.29, 1.82) is 4.78 Å². The summed E-state index contributed by atoms with van der Waals surface area (Å²) < 4.78 is 86.2. The molecule has 1 amide bonds. The molecule has 2 heterocycles. The number of ether oxygens (including phenoxy) is 2. The Bertz CT molecular complexity index is 1260. The Morgan fingerprint density at radius 3 is 2.56 bits per heavy atom. The molecule has 0 bridgehead atoms. The number of amides is 1. The first-order valence-corrected chi connectivity index (χ1v) is 11.9. The summed E-state index contributed by atoms with van der Waals surface area (Å²) in [4.78, 5) is 17.0. The molecule has 2 aromatic rings. The second-order valence-corrected chi connectivity index (χ2v) is 10.2. The van der Waals surface area contributed by atoms with Crippen LogP contribution in [0, 0.1) is 17.5 Å². The number of hydrogen-bond acceptors (Lipinski definition) is 6. The Morgan fingerprint density at radius 1 is 1.35 bits per heavy atom. The molecule has 1 saturated heterocycles. The zero-order chi connectivity index (χ0) is 25.6. The van der Waals surface area contributed by atoms with Gasteiger partial charge in [-0.1, -0.05) is 12.6 Å². The smallest absolute Gasteiger partial charge is 0.421 e. The molecule has 0 spiro atoms. The van der Waals surface area contributed by atoms with Crippen LogP contribution < -0.4 is 10.1 Å². The highest BCUT2D eigenvalue weighted by Gasteiger charge is 2.64. The van der Waals surface area contributed by atoms with Crippen LogP contribution in [-0.2, 0) is 19.3 Å². The number of carbonyl (C=O) groups is 1. The lowest BCUT2D eigenvalue weighted by molar-refractivity contribution is -0.250. The van der Waals surface area contributed by atoms with E-state index in [0.717, 1.165) is 19.2 Å². The minimum atomic E-state index is -4.90. The van der Waals surface area contributed by atoms with Crippen LogP contribution in [0.4, 0.5) is 23.2 Å². The van der Waals surface area contributed by atoms with E-state index in [9.17, 15) is 26.6 Å². The van der Waals surface area contributed by atoms with Gasteiger partial charge >= 0.3 is 6.18 Å². The van der Waals surface area contributed by atoms with E-state index >= 15 is 0 Å². The molecule has 34 heavy (non-hydrogen) atoms. The second-order valence-electron chi connectivity index (χ2n) is 8.08. The summed E-state index contributed by atoms with van der Waals surface area (Å²) in [6, 6.07) is 4.83. The summed E-state index contributed by atoms with van der Waals surface area (Å²) >= 11 is 0. The Labute approximate surface area is 194 Å². The molecule has 0 unspecified atom stereocenters. The summed E-state index contributed by atoms with van der Waals surface area (Å²) in [6.45, 7) is 5.77. The molecule has 0 radical (unpaired) electrons. The highest BCUT2D eigenvalue weighted by atomic mass is 32.2. The number of rotatable bonds is 5. The van der Waals surface area contributed by atoms with Crippen LogP contribution >= 0.6 is 0 Å². The van der Waals surface area contributed by atoms with E-state index in [2.05, 4.69) is 16.9 Å². The number of aromatic nitrogens is 1. The molecule has 3 rings (SSSR count). The molecular formula is C22H23F4N3O4S. The normalized spacial score (nSPS) is 24.5. The maximum absolute atomic E-state index is 14.1. The van der Waals surface area contributed by atoms with Gasteiger partial charge in [0.1, 0.15) is 22.7 Å². The van der Waals surface area contributed by atoms with E-state index in [1.165, 1.54) is 38.4 Å². The molecule has 184 valence electrons. The molecule has 1 fully saturated rings. The molecule has 1 aliphatic heterocycles. The standard InChI is InChI=1S/C22H23F4N3O4S/c1-11-15(23)7-6-14(18(11)32-4)17-12(2)21(3,22(24,25)26)33-19(17)20(30)29-13-8-9-28-16(10-13)34(5,27)31/h6-10,17,19,27H,2H2,1,3-5H3,(H,28,29,30)/t17-,19+,21+,34-/m1/s1. The average Bonchev–Trinajstić information content (AvgIpc) is 3.01. The van der Waals surface area contributed by atoms with Crippen molar-refractivity contribution in [2.24, 2.45) is 0 Å². The molecule has 1 aromatic carbocycles. The van der Waals surface area contributed by atoms with E-state index < -0.39 is 50.8 Å². The highest BCUT2D eigenvalue weighted by Crippen LogP contribution is 2.54. The van der Waals surface area contributed by atoms with Gasteiger partial charge in [-0.3, -0.25) is 4.79 Å². The lowest BCUT2D eigenvalue weighted by Crippen LogP contribution is -2.44. The number of halogens is 4. The lowest BCUT2D eigenvalue weighted by atomic mass is 9.81. The van der Waals surface area contributed by atoms with Gasteiger partial charge in [-0.15, -0.1) is 0 Å². The molecule has 4 atom stereocenters. The summed E-state index contributed by atoms with van der Waals surface area (Å²) in [5, 5.41) is 2.32. The molecule has 1 aromatic heterocycles. The number of nitrogens with zero attached hydrogens (tertiary/aromatic N) is 1. The van der Waals surface area contributed by atoms with Crippen LogP contribution in [0.3, 0.4) is 0 Å². The number of alkyl halides is 3. The summed E-state index contributed by atoms with van der Waals surface area (Å²) in [6.07, 6.45) is -4.27. The van der Waals surface area contributed by atoms with Crippen molar-refractivity contribution in [3.8, 4) is 5.75 Å². The van der Waals surface area contributed by atoms with E-state index in [1.54, 1.807) is 0 Å². The van der Waals surface area contributed by atoms with Crippen molar-refractivity contribution < 1.29 is 36.0 Å². The largest absolute Gasteiger partial charge is 0.496 e. The van der Waals surface area contributed by atoms with Crippen LogP contribution in [0.15, 0.2) is 47.6 Å². The van der Waals surface area contributed by atoms with E-state index in [-0.39, 0.29) is 27.6 Å². The molecule has 12 heteroatoms. The number of pyridine rings is 1. The average molecular weight is 502 g/mol. The van der Waals surface area contributed by atoms with Gasteiger partial charge < -0.3 is 14.8 Å².